The van der Waals surface area contributed by atoms with Crippen molar-refractivity contribution in [3.05, 3.63) is 12.4 Å². The first-order valence-corrected chi connectivity index (χ1v) is 3.99. The summed E-state index contributed by atoms with van der Waals surface area (Å²) < 4.78 is 7.10. The molecule has 1 unspecified atom stereocenters. The van der Waals surface area contributed by atoms with Crippen molar-refractivity contribution in [3.8, 4) is 0 Å². The van der Waals surface area contributed by atoms with Crippen LogP contribution in [0.15, 0.2) is 12.4 Å². The van der Waals surface area contributed by atoms with Gasteiger partial charge in [-0.1, -0.05) is 0 Å². The molecule has 12 heavy (non-hydrogen) atoms. The van der Waals surface area contributed by atoms with Gasteiger partial charge in [-0.25, -0.2) is 4.98 Å². The monoisotopic (exact) mass is 169 g/mol. The van der Waals surface area contributed by atoms with E-state index in [0.717, 1.165) is 5.95 Å². The van der Waals surface area contributed by atoms with E-state index in [1.807, 2.05) is 17.8 Å². The van der Waals surface area contributed by atoms with E-state index >= 15 is 0 Å². The van der Waals surface area contributed by atoms with Crippen LogP contribution in [0.4, 0.5) is 5.95 Å². The second-order valence-electron chi connectivity index (χ2n) is 2.71. The van der Waals surface area contributed by atoms with Crippen LogP contribution in [0.1, 0.15) is 13.0 Å². The molecule has 1 aromatic heterocycles. The first-order chi connectivity index (χ1) is 5.79. The Bertz CT molecular complexity index is 234. The molecule has 0 saturated heterocycles. The van der Waals surface area contributed by atoms with Gasteiger partial charge in [0.25, 0.3) is 0 Å². The Hall–Kier alpha value is -1.03. The first kappa shape index (κ1) is 9.06. The van der Waals surface area contributed by atoms with Gasteiger partial charge in [-0.05, 0) is 6.92 Å². The Balaban J connectivity index is 2.71. The summed E-state index contributed by atoms with van der Waals surface area (Å²) in [5.74, 6) is 0.875. The van der Waals surface area contributed by atoms with Crippen molar-refractivity contribution in [2.45, 2.75) is 13.0 Å². The van der Waals surface area contributed by atoms with Crippen molar-refractivity contribution in [1.82, 2.24) is 9.55 Å². The van der Waals surface area contributed by atoms with Gasteiger partial charge in [0.15, 0.2) is 0 Å². The lowest BCUT2D eigenvalue weighted by Gasteiger charge is -2.14. The second kappa shape index (κ2) is 4.11. The minimum atomic E-state index is 0.319. The molecule has 0 aliphatic rings. The van der Waals surface area contributed by atoms with Gasteiger partial charge in [0.1, 0.15) is 0 Å². The molecule has 0 radical (unpaired) electrons. The fraction of sp³-hybridized carbons (Fsp3) is 0.625. The van der Waals surface area contributed by atoms with E-state index in [2.05, 4.69) is 17.2 Å². The molecule has 1 atom stereocenters. The predicted molar refractivity (Wildman–Crippen MR) is 48.4 cm³/mol. The van der Waals surface area contributed by atoms with Crippen LogP contribution in [0.3, 0.4) is 0 Å². The summed E-state index contributed by atoms with van der Waals surface area (Å²) in [5.41, 5.74) is 0. The Morgan fingerprint density at radius 1 is 1.75 bits per heavy atom. The lowest BCUT2D eigenvalue weighted by Crippen LogP contribution is -2.12. The van der Waals surface area contributed by atoms with Crippen LogP contribution in [-0.2, 0) is 4.74 Å². The van der Waals surface area contributed by atoms with E-state index in [0.29, 0.717) is 12.6 Å². The minimum Gasteiger partial charge on any atom is -0.383 e. The number of hydrogen-bond acceptors (Lipinski definition) is 3. The molecule has 0 aliphatic heterocycles. The van der Waals surface area contributed by atoms with Gasteiger partial charge >= 0.3 is 0 Å². The summed E-state index contributed by atoms with van der Waals surface area (Å²) in [5, 5.41) is 3.01. The van der Waals surface area contributed by atoms with Crippen LogP contribution in [0, 0.1) is 0 Å². The zero-order chi connectivity index (χ0) is 8.97. The van der Waals surface area contributed by atoms with Crippen molar-refractivity contribution in [3.63, 3.8) is 0 Å². The van der Waals surface area contributed by atoms with Gasteiger partial charge in [0.2, 0.25) is 5.95 Å². The summed E-state index contributed by atoms with van der Waals surface area (Å²) >= 11 is 0. The summed E-state index contributed by atoms with van der Waals surface area (Å²) in [7, 11) is 3.56. The number of rotatable bonds is 4. The van der Waals surface area contributed by atoms with E-state index in [4.69, 9.17) is 4.74 Å². The maximum atomic E-state index is 5.05. The number of imidazole rings is 1. The largest absolute Gasteiger partial charge is 0.383 e. The Kier molecular flexibility index (Phi) is 3.10. The Morgan fingerprint density at radius 2 is 2.50 bits per heavy atom. The van der Waals surface area contributed by atoms with Crippen molar-refractivity contribution in [2.75, 3.05) is 26.1 Å². The lowest BCUT2D eigenvalue weighted by molar-refractivity contribution is 0.163. The molecule has 68 valence electrons. The highest BCUT2D eigenvalue weighted by atomic mass is 16.5. The van der Waals surface area contributed by atoms with Crippen molar-refractivity contribution >= 4 is 5.95 Å². The van der Waals surface area contributed by atoms with Gasteiger partial charge in [-0.15, -0.1) is 0 Å². The number of anilines is 1. The summed E-state index contributed by atoms with van der Waals surface area (Å²) in [6.07, 6.45) is 3.72. The molecule has 4 heteroatoms. The molecular formula is C8H15N3O. The highest BCUT2D eigenvalue weighted by Crippen LogP contribution is 2.12. The van der Waals surface area contributed by atoms with E-state index in [1.54, 1.807) is 13.3 Å². The van der Waals surface area contributed by atoms with Crippen molar-refractivity contribution < 1.29 is 4.74 Å². The number of hydrogen-bond donors (Lipinski definition) is 1. The third kappa shape index (κ3) is 1.76. The molecule has 0 bridgehead atoms. The third-order valence-electron chi connectivity index (χ3n) is 1.78. The van der Waals surface area contributed by atoms with Gasteiger partial charge in [-0.3, -0.25) is 0 Å². The van der Waals surface area contributed by atoms with Crippen LogP contribution in [0.2, 0.25) is 0 Å². The second-order valence-corrected chi connectivity index (χ2v) is 2.71. The molecule has 0 fully saturated rings. The standard InChI is InChI=1S/C8H15N3O/c1-7(6-12-3)11-5-4-10-8(11)9-2/h4-5,7H,6H2,1-3H3,(H,9,10). The molecule has 0 aromatic carbocycles. The topological polar surface area (TPSA) is 39.1 Å². The van der Waals surface area contributed by atoms with Gasteiger partial charge in [0, 0.05) is 26.6 Å². The normalized spacial score (nSPS) is 12.9. The van der Waals surface area contributed by atoms with Crippen molar-refractivity contribution in [1.29, 1.82) is 0 Å². The maximum absolute atomic E-state index is 5.05. The number of methoxy groups -OCH3 is 1. The smallest absolute Gasteiger partial charge is 0.202 e. The third-order valence-corrected chi connectivity index (χ3v) is 1.78. The van der Waals surface area contributed by atoms with Crippen molar-refractivity contribution in [2.24, 2.45) is 0 Å². The van der Waals surface area contributed by atoms with E-state index in [9.17, 15) is 0 Å². The van der Waals surface area contributed by atoms with E-state index in [1.165, 1.54) is 0 Å². The molecule has 1 heterocycles. The Labute approximate surface area is 72.6 Å². The fourth-order valence-electron chi connectivity index (χ4n) is 1.18. The number of nitrogens with one attached hydrogen (secondary N) is 1. The molecule has 0 aliphatic carbocycles. The summed E-state index contributed by atoms with van der Waals surface area (Å²) in [4.78, 5) is 4.13. The maximum Gasteiger partial charge on any atom is 0.202 e. The van der Waals surface area contributed by atoms with Crippen LogP contribution in [-0.4, -0.2) is 30.3 Å². The van der Waals surface area contributed by atoms with Gasteiger partial charge < -0.3 is 14.6 Å². The van der Waals surface area contributed by atoms with E-state index < -0.39 is 0 Å². The fourth-order valence-corrected chi connectivity index (χ4v) is 1.18. The molecule has 1 rings (SSSR count). The molecule has 0 amide bonds. The van der Waals surface area contributed by atoms with E-state index in [-0.39, 0.29) is 0 Å². The average Bonchev–Trinajstić information content (AvgIpc) is 2.51. The van der Waals surface area contributed by atoms with Crippen LogP contribution >= 0.6 is 0 Å². The highest BCUT2D eigenvalue weighted by molar-refractivity contribution is 5.24. The summed E-state index contributed by atoms with van der Waals surface area (Å²) in [6, 6.07) is 0.319. The van der Waals surface area contributed by atoms with Crippen LogP contribution < -0.4 is 5.32 Å². The number of nitrogens with zero attached hydrogens (tertiary/aromatic N) is 2. The zero-order valence-electron chi connectivity index (χ0n) is 7.74. The predicted octanol–water partition coefficient (Wildman–Crippen LogP) is 1.13. The zero-order valence-corrected chi connectivity index (χ0v) is 7.74. The molecule has 1 aromatic rings. The minimum absolute atomic E-state index is 0.319. The van der Waals surface area contributed by atoms with Crippen LogP contribution in [0.5, 0.6) is 0 Å². The van der Waals surface area contributed by atoms with Gasteiger partial charge in [-0.2, -0.15) is 0 Å². The average molecular weight is 169 g/mol. The molecule has 4 nitrogen and oxygen atoms in total. The quantitative estimate of drug-likeness (QED) is 0.734. The molecule has 0 spiro atoms. The number of aromatic nitrogens is 2. The highest BCUT2D eigenvalue weighted by Gasteiger charge is 2.07. The number of ether oxygens (including phenoxy) is 1. The molecular weight excluding hydrogens is 154 g/mol. The molecule has 0 saturated carbocycles. The van der Waals surface area contributed by atoms with Crippen LogP contribution in [0.25, 0.3) is 0 Å². The summed E-state index contributed by atoms with van der Waals surface area (Å²) in [6.45, 7) is 2.79. The van der Waals surface area contributed by atoms with Gasteiger partial charge in [0.05, 0.1) is 12.6 Å². The SMILES string of the molecule is CNc1nccn1C(C)COC. The molecule has 1 N–H and O–H groups in total. The Morgan fingerprint density at radius 3 is 3.08 bits per heavy atom. The first-order valence-electron chi connectivity index (χ1n) is 3.99. The lowest BCUT2D eigenvalue weighted by atomic mass is 10.3.